The monoisotopic (exact) mass is 404 g/mol. The van der Waals surface area contributed by atoms with Crippen molar-refractivity contribution in [2.75, 3.05) is 18.5 Å². The molecule has 3 rings (SSSR count). The van der Waals surface area contributed by atoms with Crippen molar-refractivity contribution in [3.05, 3.63) is 28.3 Å². The van der Waals surface area contributed by atoms with Gasteiger partial charge in [-0.25, -0.2) is 4.79 Å². The van der Waals surface area contributed by atoms with Crippen LogP contribution < -0.4 is 15.4 Å². The van der Waals surface area contributed by atoms with Gasteiger partial charge in [0.15, 0.2) is 0 Å². The average Bonchev–Trinajstić information content (AvgIpc) is 2.90. The van der Waals surface area contributed by atoms with Crippen LogP contribution in [0.3, 0.4) is 0 Å². The Balaban J connectivity index is 1.73. The smallest absolute Gasteiger partial charge is 0.325 e. The Kier molecular flexibility index (Phi) is 5.71. The minimum absolute atomic E-state index is 0.0204. The Labute approximate surface area is 167 Å². The molecule has 1 aromatic carbocycles. The first-order valence-corrected chi connectivity index (χ1v) is 9.63. The number of imide groups is 1. The number of nitrogens with one attached hydrogen (secondary N) is 2. The third kappa shape index (κ3) is 3.87. The Morgan fingerprint density at radius 1 is 1.41 bits per heavy atom. The number of hydrogen-bond acceptors (Lipinski definition) is 6. The summed E-state index contributed by atoms with van der Waals surface area (Å²) in [5.41, 5.74) is -1.32. The van der Waals surface area contributed by atoms with Crippen LogP contribution in [0.5, 0.6) is 5.75 Å². The largest absolute Gasteiger partial charge is 0.494 e. The fourth-order valence-electron chi connectivity index (χ4n) is 4.00. The quantitative estimate of drug-likeness (QED) is 0.425. The number of urea groups is 1. The molecule has 10 heteroatoms. The van der Waals surface area contributed by atoms with E-state index in [1.54, 1.807) is 6.92 Å². The summed E-state index contributed by atoms with van der Waals surface area (Å²) < 4.78 is 5.24. The number of nitro groups is 1. The third-order valence-corrected chi connectivity index (χ3v) is 5.55. The molecule has 2 fully saturated rings. The van der Waals surface area contributed by atoms with Gasteiger partial charge >= 0.3 is 6.03 Å². The van der Waals surface area contributed by atoms with E-state index in [0.29, 0.717) is 18.8 Å². The maximum absolute atomic E-state index is 12.9. The van der Waals surface area contributed by atoms with E-state index in [1.807, 2.05) is 6.92 Å². The lowest BCUT2D eigenvalue weighted by Gasteiger charge is -2.36. The van der Waals surface area contributed by atoms with Crippen molar-refractivity contribution in [3.63, 3.8) is 0 Å². The SMILES string of the molecule is CCOc1ccc(NC(=O)CN2C(=O)NC3(CCCCC3C)C2=O)c([N+](=O)[O-])c1. The molecule has 1 spiro atoms. The van der Waals surface area contributed by atoms with E-state index in [0.717, 1.165) is 24.2 Å². The van der Waals surface area contributed by atoms with E-state index < -0.39 is 34.9 Å². The van der Waals surface area contributed by atoms with Gasteiger partial charge in [-0.05, 0) is 37.8 Å². The molecule has 29 heavy (non-hydrogen) atoms. The van der Waals surface area contributed by atoms with E-state index in [2.05, 4.69) is 10.6 Å². The molecular weight excluding hydrogens is 380 g/mol. The molecule has 156 valence electrons. The molecule has 1 saturated carbocycles. The van der Waals surface area contributed by atoms with Crippen LogP contribution in [-0.4, -0.2) is 46.4 Å². The Bertz CT molecular complexity index is 857. The molecular formula is C19H24N4O6. The maximum Gasteiger partial charge on any atom is 0.325 e. The zero-order valence-corrected chi connectivity index (χ0v) is 16.4. The van der Waals surface area contributed by atoms with Crippen molar-refractivity contribution < 1.29 is 24.0 Å². The molecule has 1 aromatic rings. The number of carbonyl (C=O) groups excluding carboxylic acids is 3. The van der Waals surface area contributed by atoms with Crippen molar-refractivity contribution in [1.82, 2.24) is 10.2 Å². The number of ether oxygens (including phenoxy) is 1. The summed E-state index contributed by atoms with van der Waals surface area (Å²) in [5, 5.41) is 16.5. The second kappa shape index (κ2) is 8.06. The summed E-state index contributed by atoms with van der Waals surface area (Å²) in [7, 11) is 0. The number of carbonyl (C=O) groups is 3. The van der Waals surface area contributed by atoms with Crippen molar-refractivity contribution >= 4 is 29.2 Å². The van der Waals surface area contributed by atoms with Gasteiger partial charge in [0.05, 0.1) is 17.6 Å². The van der Waals surface area contributed by atoms with E-state index in [9.17, 15) is 24.5 Å². The fraction of sp³-hybridized carbons (Fsp3) is 0.526. The fourth-order valence-corrected chi connectivity index (χ4v) is 4.00. The standard InChI is InChI=1S/C19H24N4O6/c1-3-29-13-7-8-14(15(10-13)23(27)28)20-16(24)11-22-17(25)19(21-18(22)26)9-5-4-6-12(19)2/h7-8,10,12H,3-6,9,11H2,1-2H3,(H,20,24)(H,21,26). The summed E-state index contributed by atoms with van der Waals surface area (Å²) in [6, 6.07) is 3.46. The van der Waals surface area contributed by atoms with Crippen LogP contribution >= 0.6 is 0 Å². The van der Waals surface area contributed by atoms with Crippen molar-refractivity contribution in [1.29, 1.82) is 0 Å². The molecule has 2 unspecified atom stereocenters. The minimum Gasteiger partial charge on any atom is -0.494 e. The molecule has 2 atom stereocenters. The van der Waals surface area contributed by atoms with E-state index in [-0.39, 0.29) is 17.3 Å². The van der Waals surface area contributed by atoms with Crippen LogP contribution in [0.1, 0.15) is 39.5 Å². The third-order valence-electron chi connectivity index (χ3n) is 5.55. The summed E-state index contributed by atoms with van der Waals surface area (Å²) >= 11 is 0. The molecule has 2 aliphatic rings. The summed E-state index contributed by atoms with van der Waals surface area (Å²) in [6.45, 7) is 3.50. The van der Waals surface area contributed by atoms with Gasteiger partial charge in [0.1, 0.15) is 23.5 Å². The van der Waals surface area contributed by atoms with Gasteiger partial charge in [0.2, 0.25) is 5.91 Å². The molecule has 0 bridgehead atoms. The van der Waals surface area contributed by atoms with E-state index in [1.165, 1.54) is 18.2 Å². The predicted molar refractivity (Wildman–Crippen MR) is 104 cm³/mol. The molecule has 1 aliphatic heterocycles. The highest BCUT2D eigenvalue weighted by atomic mass is 16.6. The number of benzene rings is 1. The molecule has 1 aliphatic carbocycles. The van der Waals surface area contributed by atoms with Crippen LogP contribution in [0, 0.1) is 16.0 Å². The van der Waals surface area contributed by atoms with Gasteiger partial charge in [0, 0.05) is 0 Å². The highest BCUT2D eigenvalue weighted by Crippen LogP contribution is 2.38. The first-order valence-electron chi connectivity index (χ1n) is 9.63. The lowest BCUT2D eigenvalue weighted by atomic mass is 9.73. The Morgan fingerprint density at radius 2 is 2.17 bits per heavy atom. The predicted octanol–water partition coefficient (Wildman–Crippen LogP) is 2.43. The summed E-state index contributed by atoms with van der Waals surface area (Å²) in [4.78, 5) is 49.3. The van der Waals surface area contributed by atoms with Gasteiger partial charge < -0.3 is 15.4 Å². The molecule has 1 saturated heterocycles. The van der Waals surface area contributed by atoms with Crippen LogP contribution in [0.2, 0.25) is 0 Å². The topological polar surface area (TPSA) is 131 Å². The molecule has 10 nitrogen and oxygen atoms in total. The number of nitro benzene ring substituents is 1. The van der Waals surface area contributed by atoms with Crippen molar-refractivity contribution in [2.24, 2.45) is 5.92 Å². The van der Waals surface area contributed by atoms with Gasteiger partial charge in [-0.1, -0.05) is 19.8 Å². The van der Waals surface area contributed by atoms with Crippen LogP contribution in [0.4, 0.5) is 16.2 Å². The van der Waals surface area contributed by atoms with E-state index >= 15 is 0 Å². The number of hydrogen-bond donors (Lipinski definition) is 2. The first kappa shape index (κ1) is 20.6. The highest BCUT2D eigenvalue weighted by molar-refractivity contribution is 6.10. The number of anilines is 1. The second-order valence-electron chi connectivity index (χ2n) is 7.36. The number of amides is 4. The van der Waals surface area contributed by atoms with Crippen LogP contribution in [0.15, 0.2) is 18.2 Å². The molecule has 0 radical (unpaired) electrons. The van der Waals surface area contributed by atoms with Gasteiger partial charge in [-0.3, -0.25) is 24.6 Å². The lowest BCUT2D eigenvalue weighted by Crippen LogP contribution is -2.54. The normalized spacial score (nSPS) is 23.8. The van der Waals surface area contributed by atoms with Gasteiger partial charge in [0.25, 0.3) is 11.6 Å². The molecule has 4 amide bonds. The zero-order chi connectivity index (χ0) is 21.2. The van der Waals surface area contributed by atoms with Crippen LogP contribution in [-0.2, 0) is 9.59 Å². The lowest BCUT2D eigenvalue weighted by molar-refractivity contribution is -0.384. The first-order chi connectivity index (χ1) is 13.8. The van der Waals surface area contributed by atoms with Gasteiger partial charge in [-0.2, -0.15) is 0 Å². The van der Waals surface area contributed by atoms with Gasteiger partial charge in [-0.15, -0.1) is 0 Å². The number of nitrogens with zero attached hydrogens (tertiary/aromatic N) is 2. The minimum atomic E-state index is -0.958. The van der Waals surface area contributed by atoms with E-state index in [4.69, 9.17) is 4.74 Å². The van der Waals surface area contributed by atoms with Crippen LogP contribution in [0.25, 0.3) is 0 Å². The highest BCUT2D eigenvalue weighted by Gasteiger charge is 2.55. The number of rotatable bonds is 6. The maximum atomic E-state index is 12.9. The summed E-state index contributed by atoms with van der Waals surface area (Å²) in [5.74, 6) is -0.820. The van der Waals surface area contributed by atoms with Crippen molar-refractivity contribution in [2.45, 2.75) is 45.1 Å². The Hall–Kier alpha value is -3.17. The van der Waals surface area contributed by atoms with Crippen molar-refractivity contribution in [3.8, 4) is 5.75 Å². The Morgan fingerprint density at radius 3 is 2.83 bits per heavy atom. The average molecular weight is 404 g/mol. The summed E-state index contributed by atoms with van der Waals surface area (Å²) in [6.07, 6.45) is 3.19. The zero-order valence-electron chi connectivity index (χ0n) is 16.4. The molecule has 0 aromatic heterocycles. The molecule has 1 heterocycles. The molecule has 2 N–H and O–H groups in total. The second-order valence-corrected chi connectivity index (χ2v) is 7.36.